The second kappa shape index (κ2) is 5.61. The molecule has 23 heavy (non-hydrogen) atoms. The molecule has 0 spiro atoms. The van der Waals surface area contributed by atoms with Gasteiger partial charge in [-0.15, -0.1) is 0 Å². The third kappa shape index (κ3) is 2.33. The monoisotopic (exact) mass is 308 g/mol. The first-order chi connectivity index (χ1) is 10.9. The smallest absolute Gasteiger partial charge is 0.204 e. The van der Waals surface area contributed by atoms with Gasteiger partial charge in [-0.05, 0) is 25.0 Å². The van der Waals surface area contributed by atoms with E-state index in [2.05, 4.69) is 52.2 Å². The molecule has 0 N–H and O–H groups in total. The Morgan fingerprint density at radius 3 is 1.74 bits per heavy atom. The Morgan fingerprint density at radius 1 is 0.870 bits per heavy atom. The van der Waals surface area contributed by atoms with Gasteiger partial charge < -0.3 is 4.48 Å². The largest absolute Gasteiger partial charge is 0.318 e. The summed E-state index contributed by atoms with van der Waals surface area (Å²) in [6.45, 7) is 4.35. The Bertz CT molecular complexity index is 651. The normalized spacial score (nSPS) is 26.0. The summed E-state index contributed by atoms with van der Waals surface area (Å²) in [7, 11) is 4.35. The average Bonchev–Trinajstić information content (AvgIpc) is 2.58. The van der Waals surface area contributed by atoms with Crippen LogP contribution in [0.2, 0.25) is 0 Å². The first-order valence-corrected chi connectivity index (χ1v) is 8.39. The SMILES string of the molecule is C[C@@H]1C(=O)C(c2ccccc2)(c2ccccc2)C[C@H](C)[N+]1(C)C. The van der Waals surface area contributed by atoms with Gasteiger partial charge in [-0.2, -0.15) is 0 Å². The van der Waals surface area contributed by atoms with E-state index in [-0.39, 0.29) is 6.04 Å². The molecule has 0 saturated carbocycles. The molecule has 1 aliphatic heterocycles. The van der Waals surface area contributed by atoms with Crippen molar-refractivity contribution in [1.29, 1.82) is 0 Å². The summed E-state index contributed by atoms with van der Waals surface area (Å²) >= 11 is 0. The summed E-state index contributed by atoms with van der Waals surface area (Å²) in [6, 6.07) is 21.0. The standard InChI is InChI=1S/C21H26NO/c1-16-15-21(18-11-7-5-8-12-18,19-13-9-6-10-14-19)20(23)17(2)22(16,3)4/h5-14,16-17H,15H2,1-4H3/q+1/t16-,17+/m0/s1. The lowest BCUT2D eigenvalue weighted by molar-refractivity contribution is -0.930. The highest BCUT2D eigenvalue weighted by Gasteiger charge is 2.55. The number of Topliss-reactive ketones (excluding diaryl/α,β-unsaturated/α-hetero) is 1. The fraction of sp³-hybridized carbons (Fsp3) is 0.381. The van der Waals surface area contributed by atoms with Crippen molar-refractivity contribution in [2.24, 2.45) is 0 Å². The zero-order valence-corrected chi connectivity index (χ0v) is 14.5. The van der Waals surface area contributed by atoms with E-state index in [1.807, 2.05) is 36.4 Å². The van der Waals surface area contributed by atoms with E-state index in [9.17, 15) is 4.79 Å². The predicted molar refractivity (Wildman–Crippen MR) is 94.3 cm³/mol. The highest BCUT2D eigenvalue weighted by Crippen LogP contribution is 2.45. The van der Waals surface area contributed by atoms with Crippen LogP contribution in [0.4, 0.5) is 0 Å². The van der Waals surface area contributed by atoms with Crippen molar-refractivity contribution in [2.75, 3.05) is 14.1 Å². The van der Waals surface area contributed by atoms with Crippen LogP contribution in [-0.2, 0) is 10.2 Å². The van der Waals surface area contributed by atoms with Crippen molar-refractivity contribution in [1.82, 2.24) is 0 Å². The second-order valence-electron chi connectivity index (χ2n) is 7.36. The van der Waals surface area contributed by atoms with E-state index in [1.165, 1.54) is 0 Å². The van der Waals surface area contributed by atoms with Crippen molar-refractivity contribution in [3.8, 4) is 0 Å². The fourth-order valence-electron chi connectivity index (χ4n) is 3.95. The molecule has 0 unspecified atom stereocenters. The molecule has 0 aliphatic carbocycles. The summed E-state index contributed by atoms with van der Waals surface area (Å²) in [5, 5.41) is 0. The average molecular weight is 308 g/mol. The number of carbonyl (C=O) groups excluding carboxylic acids is 1. The van der Waals surface area contributed by atoms with Crippen LogP contribution in [0, 0.1) is 0 Å². The Morgan fingerprint density at radius 2 is 1.30 bits per heavy atom. The maximum Gasteiger partial charge on any atom is 0.204 e. The molecule has 0 amide bonds. The molecular weight excluding hydrogens is 282 g/mol. The van der Waals surface area contributed by atoms with Gasteiger partial charge >= 0.3 is 0 Å². The summed E-state index contributed by atoms with van der Waals surface area (Å²) < 4.78 is 0.750. The van der Waals surface area contributed by atoms with Crippen LogP contribution in [0.5, 0.6) is 0 Å². The molecular formula is C21H26NO+. The molecule has 2 nitrogen and oxygen atoms in total. The van der Waals surface area contributed by atoms with Crippen molar-refractivity contribution in [3.63, 3.8) is 0 Å². The summed E-state index contributed by atoms with van der Waals surface area (Å²) in [4.78, 5) is 13.6. The highest BCUT2D eigenvalue weighted by atomic mass is 16.1. The molecule has 1 saturated heterocycles. The lowest BCUT2D eigenvalue weighted by atomic mass is 9.63. The van der Waals surface area contributed by atoms with Gasteiger partial charge in [0, 0.05) is 6.42 Å². The van der Waals surface area contributed by atoms with Crippen LogP contribution in [0.3, 0.4) is 0 Å². The zero-order chi connectivity index (χ0) is 16.7. The number of hydrogen-bond acceptors (Lipinski definition) is 1. The zero-order valence-electron chi connectivity index (χ0n) is 14.5. The molecule has 1 fully saturated rings. The van der Waals surface area contributed by atoms with Gasteiger partial charge in [0.2, 0.25) is 5.78 Å². The van der Waals surface area contributed by atoms with Crippen molar-refractivity contribution in [3.05, 3.63) is 71.8 Å². The first-order valence-electron chi connectivity index (χ1n) is 8.39. The number of nitrogens with zero attached hydrogens (tertiary/aromatic N) is 1. The van der Waals surface area contributed by atoms with Gasteiger partial charge in [0.15, 0.2) is 0 Å². The highest BCUT2D eigenvalue weighted by molar-refractivity contribution is 5.97. The summed E-state index contributed by atoms with van der Waals surface area (Å²) in [5.41, 5.74) is 1.71. The van der Waals surface area contributed by atoms with Gasteiger partial charge in [0.05, 0.1) is 25.6 Å². The van der Waals surface area contributed by atoms with E-state index < -0.39 is 5.41 Å². The molecule has 2 aromatic rings. The lowest BCUT2D eigenvalue weighted by Crippen LogP contribution is -2.67. The molecule has 0 aromatic heterocycles. The van der Waals surface area contributed by atoms with E-state index in [4.69, 9.17) is 0 Å². The number of hydrogen-bond donors (Lipinski definition) is 0. The van der Waals surface area contributed by atoms with Crippen molar-refractivity contribution < 1.29 is 9.28 Å². The van der Waals surface area contributed by atoms with Gasteiger partial charge in [-0.3, -0.25) is 4.79 Å². The number of piperidine rings is 1. The number of likely N-dealkylation sites (N-methyl/N-ethyl adjacent to an activating group) is 1. The number of rotatable bonds is 2. The Hall–Kier alpha value is -1.93. The van der Waals surface area contributed by atoms with Crippen molar-refractivity contribution in [2.45, 2.75) is 37.8 Å². The number of quaternary nitrogens is 1. The molecule has 2 atom stereocenters. The lowest BCUT2D eigenvalue weighted by Gasteiger charge is -2.51. The quantitative estimate of drug-likeness (QED) is 0.771. The molecule has 1 aliphatic rings. The van der Waals surface area contributed by atoms with Gasteiger partial charge in [-0.25, -0.2) is 0 Å². The topological polar surface area (TPSA) is 17.1 Å². The van der Waals surface area contributed by atoms with Crippen LogP contribution in [0.15, 0.2) is 60.7 Å². The van der Waals surface area contributed by atoms with Gasteiger partial charge in [0.25, 0.3) is 0 Å². The third-order valence-corrected chi connectivity index (χ3v) is 6.07. The van der Waals surface area contributed by atoms with E-state index in [0.717, 1.165) is 22.0 Å². The fourth-order valence-corrected chi connectivity index (χ4v) is 3.95. The van der Waals surface area contributed by atoms with E-state index in [0.29, 0.717) is 11.8 Å². The second-order valence-corrected chi connectivity index (χ2v) is 7.36. The Kier molecular flexibility index (Phi) is 3.89. The Labute approximate surface area is 139 Å². The molecule has 2 heteroatoms. The third-order valence-electron chi connectivity index (χ3n) is 6.07. The first kappa shape index (κ1) is 15.9. The molecule has 0 radical (unpaired) electrons. The minimum absolute atomic E-state index is 0.0286. The molecule has 3 rings (SSSR count). The van der Waals surface area contributed by atoms with E-state index >= 15 is 0 Å². The number of ketones is 1. The molecule has 0 bridgehead atoms. The molecule has 1 heterocycles. The van der Waals surface area contributed by atoms with Crippen LogP contribution in [0.1, 0.15) is 31.4 Å². The minimum Gasteiger partial charge on any atom is -0.318 e. The van der Waals surface area contributed by atoms with Gasteiger partial charge in [0.1, 0.15) is 6.04 Å². The number of carbonyl (C=O) groups is 1. The summed E-state index contributed by atoms with van der Waals surface area (Å²) in [5.74, 6) is 0.331. The summed E-state index contributed by atoms with van der Waals surface area (Å²) in [6.07, 6.45) is 0.844. The minimum atomic E-state index is -0.533. The predicted octanol–water partition coefficient (Wildman–Crippen LogP) is 3.80. The van der Waals surface area contributed by atoms with Gasteiger partial charge in [-0.1, -0.05) is 60.7 Å². The van der Waals surface area contributed by atoms with Crippen LogP contribution >= 0.6 is 0 Å². The van der Waals surface area contributed by atoms with Crippen LogP contribution < -0.4 is 0 Å². The van der Waals surface area contributed by atoms with E-state index in [1.54, 1.807) is 0 Å². The van der Waals surface area contributed by atoms with Crippen LogP contribution in [0.25, 0.3) is 0 Å². The number of likely N-dealkylation sites (tertiary alicyclic amines) is 1. The van der Waals surface area contributed by atoms with Crippen LogP contribution in [-0.4, -0.2) is 36.4 Å². The Balaban J connectivity index is 2.24. The van der Waals surface area contributed by atoms with Crippen molar-refractivity contribution >= 4 is 5.78 Å². The molecule has 2 aromatic carbocycles. The molecule has 120 valence electrons. The maximum absolute atomic E-state index is 13.6. The maximum atomic E-state index is 13.6. The number of benzene rings is 2.